The van der Waals surface area contributed by atoms with E-state index in [-0.39, 0.29) is 24.3 Å². The highest BCUT2D eigenvalue weighted by Crippen LogP contribution is 2.38. The van der Waals surface area contributed by atoms with Gasteiger partial charge in [0.15, 0.2) is 6.04 Å². The van der Waals surface area contributed by atoms with Crippen LogP contribution in [0.5, 0.6) is 0 Å². The van der Waals surface area contributed by atoms with Crippen molar-refractivity contribution in [2.45, 2.75) is 38.5 Å². The van der Waals surface area contributed by atoms with Crippen LogP contribution in [0.2, 0.25) is 0 Å². The molecule has 2 amide bonds. The Labute approximate surface area is 152 Å². The molecule has 140 valence electrons. The smallest absolute Gasteiger partial charge is 0.328 e. The van der Waals surface area contributed by atoms with Crippen molar-refractivity contribution in [3.8, 4) is 0 Å². The van der Waals surface area contributed by atoms with Crippen molar-refractivity contribution in [3.05, 3.63) is 35.9 Å². The van der Waals surface area contributed by atoms with Gasteiger partial charge in [0.25, 0.3) is 5.91 Å². The molecule has 0 aliphatic carbocycles. The van der Waals surface area contributed by atoms with E-state index in [1.54, 1.807) is 35.2 Å². The zero-order valence-corrected chi connectivity index (χ0v) is 15.1. The molecule has 2 saturated heterocycles. The lowest BCUT2D eigenvalue weighted by atomic mass is 9.96. The highest BCUT2D eigenvalue weighted by atomic mass is 16.5. The fourth-order valence-corrected chi connectivity index (χ4v) is 3.72. The number of hydrogen-bond acceptors (Lipinski definition) is 4. The number of likely N-dealkylation sites (tertiary alicyclic amines) is 1. The normalized spacial score (nSPS) is 22.0. The molecule has 1 aromatic carbocycles. The molecule has 2 aliphatic rings. The predicted octanol–water partition coefficient (Wildman–Crippen LogP) is 1.59. The second-order valence-corrected chi connectivity index (χ2v) is 7.13. The molecule has 1 spiro atoms. The van der Waals surface area contributed by atoms with Gasteiger partial charge in [0.2, 0.25) is 5.91 Å². The number of nitrogens with zero attached hydrogens (tertiary/aromatic N) is 2. The van der Waals surface area contributed by atoms with Crippen LogP contribution in [0.3, 0.4) is 0 Å². The fourth-order valence-electron chi connectivity index (χ4n) is 3.72. The second-order valence-electron chi connectivity index (χ2n) is 7.13. The van der Waals surface area contributed by atoms with E-state index in [1.807, 2.05) is 13.8 Å². The Balaban J connectivity index is 1.85. The number of carbonyl (C=O) groups is 3. The van der Waals surface area contributed by atoms with Crippen molar-refractivity contribution in [3.63, 3.8) is 0 Å². The standard InChI is InChI=1S/C19H24N2O5/c1-13(2)16(22)20-10-8-19(9-11-20)21(15(12-26-19)18(24)25)17(23)14-6-4-3-5-7-14/h3-7,13,15H,8-12H2,1-2H3,(H,24,25)/t15-/m1/s1. The molecule has 0 unspecified atom stereocenters. The molecule has 0 saturated carbocycles. The molecule has 0 radical (unpaired) electrons. The molecule has 0 aromatic heterocycles. The van der Waals surface area contributed by atoms with E-state index in [9.17, 15) is 19.5 Å². The van der Waals surface area contributed by atoms with Gasteiger partial charge in [-0.05, 0) is 12.1 Å². The first-order valence-corrected chi connectivity index (χ1v) is 8.90. The van der Waals surface area contributed by atoms with Gasteiger partial charge in [-0.25, -0.2) is 4.79 Å². The Bertz CT molecular complexity index is 695. The van der Waals surface area contributed by atoms with Gasteiger partial charge in [-0.15, -0.1) is 0 Å². The number of ether oxygens (including phenoxy) is 1. The Morgan fingerprint density at radius 3 is 2.31 bits per heavy atom. The van der Waals surface area contributed by atoms with Crippen LogP contribution in [0.15, 0.2) is 30.3 Å². The molecule has 26 heavy (non-hydrogen) atoms. The Hall–Kier alpha value is -2.41. The number of carboxylic acids is 1. The SMILES string of the molecule is CC(C)C(=O)N1CCC2(CC1)OC[C@H](C(=O)O)N2C(=O)c1ccccc1. The van der Waals surface area contributed by atoms with Crippen molar-refractivity contribution in [2.24, 2.45) is 5.92 Å². The van der Waals surface area contributed by atoms with Gasteiger partial charge < -0.3 is 14.7 Å². The summed E-state index contributed by atoms with van der Waals surface area (Å²) < 4.78 is 5.89. The van der Waals surface area contributed by atoms with Crippen LogP contribution in [0.25, 0.3) is 0 Å². The lowest BCUT2D eigenvalue weighted by molar-refractivity contribution is -0.149. The molecule has 2 heterocycles. The van der Waals surface area contributed by atoms with Crippen LogP contribution >= 0.6 is 0 Å². The summed E-state index contributed by atoms with van der Waals surface area (Å²) in [4.78, 5) is 40.1. The maximum absolute atomic E-state index is 13.1. The minimum atomic E-state index is -1.08. The monoisotopic (exact) mass is 360 g/mol. The zero-order valence-electron chi connectivity index (χ0n) is 15.1. The second kappa shape index (κ2) is 7.07. The van der Waals surface area contributed by atoms with Crippen LogP contribution in [-0.4, -0.2) is 64.2 Å². The zero-order chi connectivity index (χ0) is 18.9. The van der Waals surface area contributed by atoms with Gasteiger partial charge >= 0.3 is 5.97 Å². The third-order valence-corrected chi connectivity index (χ3v) is 5.14. The van der Waals surface area contributed by atoms with E-state index in [0.717, 1.165) is 0 Å². The van der Waals surface area contributed by atoms with E-state index in [2.05, 4.69) is 0 Å². The highest BCUT2D eigenvalue weighted by Gasteiger charge is 2.54. The number of benzene rings is 1. The number of carboxylic acid groups (broad SMARTS) is 1. The van der Waals surface area contributed by atoms with Gasteiger partial charge in [0.05, 0.1) is 6.61 Å². The maximum Gasteiger partial charge on any atom is 0.328 e. The summed E-state index contributed by atoms with van der Waals surface area (Å²) in [7, 11) is 0. The van der Waals surface area contributed by atoms with Crippen LogP contribution in [0.4, 0.5) is 0 Å². The number of amides is 2. The summed E-state index contributed by atoms with van der Waals surface area (Å²) in [5.41, 5.74) is -0.534. The lowest BCUT2D eigenvalue weighted by Crippen LogP contribution is -2.59. The summed E-state index contributed by atoms with van der Waals surface area (Å²) in [6.45, 7) is 4.56. The van der Waals surface area contributed by atoms with Crippen molar-refractivity contribution in [1.82, 2.24) is 9.80 Å². The Kier molecular flexibility index (Phi) is 5.00. The van der Waals surface area contributed by atoms with Crippen LogP contribution < -0.4 is 0 Å². The largest absolute Gasteiger partial charge is 0.480 e. The topological polar surface area (TPSA) is 87.2 Å². The molecule has 3 rings (SSSR count). The quantitative estimate of drug-likeness (QED) is 0.884. The number of hydrogen-bond donors (Lipinski definition) is 1. The molecule has 7 heteroatoms. The van der Waals surface area contributed by atoms with E-state index in [4.69, 9.17) is 4.74 Å². The summed E-state index contributed by atoms with van der Waals surface area (Å²) in [6.07, 6.45) is 0.821. The van der Waals surface area contributed by atoms with E-state index in [1.165, 1.54) is 4.90 Å². The summed E-state index contributed by atoms with van der Waals surface area (Å²) in [6, 6.07) is 7.62. The van der Waals surface area contributed by atoms with Crippen LogP contribution in [0.1, 0.15) is 37.0 Å². The molecular weight excluding hydrogens is 336 g/mol. The van der Waals surface area contributed by atoms with Gasteiger partial charge in [-0.3, -0.25) is 14.5 Å². The first-order valence-electron chi connectivity index (χ1n) is 8.90. The molecular formula is C19H24N2O5. The van der Waals surface area contributed by atoms with E-state index < -0.39 is 17.7 Å². The first-order chi connectivity index (χ1) is 12.4. The number of piperidine rings is 1. The van der Waals surface area contributed by atoms with Crippen molar-refractivity contribution in [1.29, 1.82) is 0 Å². The Morgan fingerprint density at radius 1 is 1.15 bits per heavy atom. The molecule has 2 aliphatic heterocycles. The minimum absolute atomic E-state index is 0.0357. The van der Waals surface area contributed by atoms with Crippen molar-refractivity contribution in [2.75, 3.05) is 19.7 Å². The summed E-state index contributed by atoms with van der Waals surface area (Å²) in [5, 5.41) is 9.57. The van der Waals surface area contributed by atoms with E-state index in [0.29, 0.717) is 31.5 Å². The van der Waals surface area contributed by atoms with E-state index >= 15 is 0 Å². The predicted molar refractivity (Wildman–Crippen MR) is 93.4 cm³/mol. The Morgan fingerprint density at radius 2 is 1.77 bits per heavy atom. The molecule has 7 nitrogen and oxygen atoms in total. The highest BCUT2D eigenvalue weighted by molar-refractivity contribution is 5.97. The summed E-state index contributed by atoms with van der Waals surface area (Å²) >= 11 is 0. The minimum Gasteiger partial charge on any atom is -0.480 e. The third kappa shape index (κ3) is 3.19. The van der Waals surface area contributed by atoms with Gasteiger partial charge in [-0.2, -0.15) is 0 Å². The van der Waals surface area contributed by atoms with Gasteiger partial charge in [-0.1, -0.05) is 32.0 Å². The first kappa shape index (κ1) is 18.4. The molecule has 2 fully saturated rings. The third-order valence-electron chi connectivity index (χ3n) is 5.14. The van der Waals surface area contributed by atoms with Crippen LogP contribution in [-0.2, 0) is 14.3 Å². The molecule has 1 aromatic rings. The van der Waals surface area contributed by atoms with Crippen molar-refractivity contribution < 1.29 is 24.2 Å². The number of rotatable bonds is 3. The fraction of sp³-hybridized carbons (Fsp3) is 0.526. The molecule has 1 atom stereocenters. The molecule has 1 N–H and O–H groups in total. The number of aliphatic carboxylic acids is 1. The maximum atomic E-state index is 13.1. The average molecular weight is 360 g/mol. The number of carbonyl (C=O) groups excluding carboxylic acids is 2. The lowest BCUT2D eigenvalue weighted by Gasteiger charge is -2.44. The van der Waals surface area contributed by atoms with Gasteiger partial charge in [0, 0.05) is 37.4 Å². The summed E-state index contributed by atoms with van der Waals surface area (Å²) in [5.74, 6) is -1.46. The average Bonchev–Trinajstić information content (AvgIpc) is 3.01. The molecule has 0 bridgehead atoms. The van der Waals surface area contributed by atoms with Crippen LogP contribution in [0, 0.1) is 5.92 Å². The van der Waals surface area contributed by atoms with Crippen molar-refractivity contribution >= 4 is 17.8 Å². The van der Waals surface area contributed by atoms with Gasteiger partial charge in [0.1, 0.15) is 5.72 Å².